The molecule has 1 heterocycles. The first-order chi connectivity index (χ1) is 8.86. The van der Waals surface area contributed by atoms with E-state index in [2.05, 4.69) is 23.5 Å². The lowest BCUT2D eigenvalue weighted by molar-refractivity contribution is 0.356. The topological polar surface area (TPSA) is 47.3 Å². The predicted molar refractivity (Wildman–Crippen MR) is 72.8 cm³/mol. The largest absolute Gasteiger partial charge is 0.493 e. The normalized spacial score (nSPS) is 20.7. The van der Waals surface area contributed by atoms with Crippen LogP contribution in [-0.2, 0) is 6.42 Å². The second kappa shape index (κ2) is 5.29. The molecule has 0 spiro atoms. The number of nitrogens with one attached hydrogen (secondary N) is 1. The van der Waals surface area contributed by atoms with Gasteiger partial charge in [-0.2, -0.15) is 0 Å². The Morgan fingerprint density at radius 1 is 1.33 bits per heavy atom. The van der Waals surface area contributed by atoms with Crippen molar-refractivity contribution in [1.82, 2.24) is 5.32 Å². The molecular formula is C15H22N2O. The summed E-state index contributed by atoms with van der Waals surface area (Å²) in [5, 5.41) is 3.71. The molecule has 3 N–H and O–H groups in total. The van der Waals surface area contributed by atoms with Gasteiger partial charge in [-0.3, -0.25) is 0 Å². The Balaban J connectivity index is 1.74. The van der Waals surface area contributed by atoms with Gasteiger partial charge in [-0.05, 0) is 30.0 Å². The zero-order chi connectivity index (χ0) is 12.4. The molecule has 1 saturated carbocycles. The summed E-state index contributed by atoms with van der Waals surface area (Å²) in [6.07, 6.45) is 6.33. The molecule has 2 aliphatic rings. The molecule has 3 rings (SSSR count). The highest BCUT2D eigenvalue weighted by molar-refractivity contribution is 5.40. The highest BCUT2D eigenvalue weighted by Gasteiger charge is 2.21. The minimum Gasteiger partial charge on any atom is -0.493 e. The standard InChI is InChI=1S/C15H22N2O/c16-10-14(17-13-3-1-2-4-13)11-5-6-15-12(9-11)7-8-18-15/h5-6,9,13-14,17H,1-4,7-8,10,16H2. The van der Waals surface area contributed by atoms with Crippen LogP contribution in [0.2, 0.25) is 0 Å². The predicted octanol–water partition coefficient (Wildman–Crippen LogP) is 2.15. The SMILES string of the molecule is NCC(NC1CCCC1)c1ccc2c(c1)CCO2. The van der Waals surface area contributed by atoms with Gasteiger partial charge >= 0.3 is 0 Å². The summed E-state index contributed by atoms with van der Waals surface area (Å²) < 4.78 is 5.55. The van der Waals surface area contributed by atoms with Gasteiger partial charge in [-0.25, -0.2) is 0 Å². The zero-order valence-electron chi connectivity index (χ0n) is 10.8. The number of hydrogen-bond acceptors (Lipinski definition) is 3. The third kappa shape index (κ3) is 2.38. The minimum atomic E-state index is 0.291. The van der Waals surface area contributed by atoms with E-state index in [0.717, 1.165) is 18.8 Å². The van der Waals surface area contributed by atoms with Gasteiger partial charge in [0.05, 0.1) is 6.61 Å². The van der Waals surface area contributed by atoms with E-state index in [1.807, 2.05) is 0 Å². The second-order valence-corrected chi connectivity index (χ2v) is 5.40. The van der Waals surface area contributed by atoms with E-state index in [1.165, 1.54) is 36.8 Å². The summed E-state index contributed by atoms with van der Waals surface area (Å²) in [5.74, 6) is 1.05. The molecule has 0 saturated heterocycles. The van der Waals surface area contributed by atoms with Crippen LogP contribution in [0.4, 0.5) is 0 Å². The van der Waals surface area contributed by atoms with E-state index in [-0.39, 0.29) is 0 Å². The van der Waals surface area contributed by atoms with Crippen LogP contribution < -0.4 is 15.8 Å². The van der Waals surface area contributed by atoms with Crippen LogP contribution in [0, 0.1) is 0 Å². The third-order valence-electron chi connectivity index (χ3n) is 4.14. The van der Waals surface area contributed by atoms with Crippen LogP contribution in [0.5, 0.6) is 5.75 Å². The van der Waals surface area contributed by atoms with E-state index >= 15 is 0 Å². The molecule has 1 aliphatic carbocycles. The summed E-state index contributed by atoms with van der Waals surface area (Å²) in [4.78, 5) is 0. The molecule has 1 fully saturated rings. The summed E-state index contributed by atoms with van der Waals surface area (Å²) in [6.45, 7) is 1.48. The van der Waals surface area contributed by atoms with Crippen LogP contribution in [0.25, 0.3) is 0 Å². The average Bonchev–Trinajstić information content (AvgIpc) is 3.06. The maximum atomic E-state index is 5.93. The maximum Gasteiger partial charge on any atom is 0.122 e. The maximum absolute atomic E-state index is 5.93. The van der Waals surface area contributed by atoms with Crippen molar-refractivity contribution in [3.05, 3.63) is 29.3 Å². The Bertz CT molecular complexity index is 413. The molecule has 18 heavy (non-hydrogen) atoms. The number of hydrogen-bond donors (Lipinski definition) is 2. The molecule has 0 bridgehead atoms. The van der Waals surface area contributed by atoms with Crippen molar-refractivity contribution in [2.75, 3.05) is 13.2 Å². The highest BCUT2D eigenvalue weighted by atomic mass is 16.5. The zero-order valence-corrected chi connectivity index (χ0v) is 10.8. The molecule has 98 valence electrons. The number of benzene rings is 1. The quantitative estimate of drug-likeness (QED) is 0.856. The fourth-order valence-corrected chi connectivity index (χ4v) is 3.10. The number of ether oxygens (including phenoxy) is 1. The fourth-order valence-electron chi connectivity index (χ4n) is 3.10. The van der Waals surface area contributed by atoms with Gasteiger partial charge in [-0.15, -0.1) is 0 Å². The number of nitrogens with two attached hydrogens (primary N) is 1. The van der Waals surface area contributed by atoms with Crippen LogP contribution >= 0.6 is 0 Å². The highest BCUT2D eigenvalue weighted by Crippen LogP contribution is 2.29. The van der Waals surface area contributed by atoms with Crippen molar-refractivity contribution < 1.29 is 4.74 Å². The van der Waals surface area contributed by atoms with Crippen molar-refractivity contribution >= 4 is 0 Å². The lowest BCUT2D eigenvalue weighted by Crippen LogP contribution is -2.35. The Morgan fingerprint density at radius 3 is 2.94 bits per heavy atom. The minimum absolute atomic E-state index is 0.291. The average molecular weight is 246 g/mol. The lowest BCUT2D eigenvalue weighted by atomic mass is 10.0. The molecule has 3 nitrogen and oxygen atoms in total. The summed E-state index contributed by atoms with van der Waals surface area (Å²) >= 11 is 0. The smallest absolute Gasteiger partial charge is 0.122 e. The molecule has 3 heteroatoms. The summed E-state index contributed by atoms with van der Waals surface area (Å²) in [5.41, 5.74) is 8.58. The molecule has 1 unspecified atom stereocenters. The Kier molecular flexibility index (Phi) is 3.52. The van der Waals surface area contributed by atoms with Gasteiger partial charge < -0.3 is 15.8 Å². The van der Waals surface area contributed by atoms with Crippen molar-refractivity contribution in [3.63, 3.8) is 0 Å². The Labute approximate surface area is 109 Å². The number of fused-ring (bicyclic) bond motifs is 1. The van der Waals surface area contributed by atoms with Gasteiger partial charge in [-0.1, -0.05) is 25.0 Å². The van der Waals surface area contributed by atoms with E-state index in [4.69, 9.17) is 10.5 Å². The molecule has 0 aromatic heterocycles. The first-order valence-electron chi connectivity index (χ1n) is 7.08. The van der Waals surface area contributed by atoms with Crippen molar-refractivity contribution in [3.8, 4) is 5.75 Å². The van der Waals surface area contributed by atoms with Gasteiger partial charge in [0, 0.05) is 25.0 Å². The van der Waals surface area contributed by atoms with Crippen LogP contribution in [-0.4, -0.2) is 19.2 Å². The van der Waals surface area contributed by atoms with Gasteiger partial charge in [0.2, 0.25) is 0 Å². The lowest BCUT2D eigenvalue weighted by Gasteiger charge is -2.22. The fraction of sp³-hybridized carbons (Fsp3) is 0.600. The van der Waals surface area contributed by atoms with Gasteiger partial charge in [0.25, 0.3) is 0 Å². The molecule has 1 aromatic carbocycles. The Hall–Kier alpha value is -1.06. The van der Waals surface area contributed by atoms with Crippen molar-refractivity contribution in [2.45, 2.75) is 44.2 Å². The van der Waals surface area contributed by atoms with Gasteiger partial charge in [0.1, 0.15) is 5.75 Å². The molecule has 0 amide bonds. The van der Waals surface area contributed by atoms with E-state index in [0.29, 0.717) is 18.6 Å². The van der Waals surface area contributed by atoms with E-state index < -0.39 is 0 Å². The Morgan fingerprint density at radius 2 is 2.17 bits per heavy atom. The second-order valence-electron chi connectivity index (χ2n) is 5.40. The monoisotopic (exact) mass is 246 g/mol. The molecule has 1 atom stereocenters. The first kappa shape index (κ1) is 12.0. The van der Waals surface area contributed by atoms with E-state index in [9.17, 15) is 0 Å². The first-order valence-corrected chi connectivity index (χ1v) is 7.08. The molecule has 0 radical (unpaired) electrons. The van der Waals surface area contributed by atoms with Crippen molar-refractivity contribution in [1.29, 1.82) is 0 Å². The third-order valence-corrected chi connectivity index (χ3v) is 4.14. The summed E-state index contributed by atoms with van der Waals surface area (Å²) in [6, 6.07) is 7.46. The van der Waals surface area contributed by atoms with Crippen LogP contribution in [0.1, 0.15) is 42.9 Å². The van der Waals surface area contributed by atoms with Crippen molar-refractivity contribution in [2.24, 2.45) is 5.73 Å². The van der Waals surface area contributed by atoms with Crippen LogP contribution in [0.15, 0.2) is 18.2 Å². The number of rotatable bonds is 4. The van der Waals surface area contributed by atoms with E-state index in [1.54, 1.807) is 0 Å². The van der Waals surface area contributed by atoms with Gasteiger partial charge in [0.15, 0.2) is 0 Å². The molecule has 1 aromatic rings. The molecule has 1 aliphatic heterocycles. The van der Waals surface area contributed by atoms with Crippen LogP contribution in [0.3, 0.4) is 0 Å². The summed E-state index contributed by atoms with van der Waals surface area (Å²) in [7, 11) is 0. The molecular weight excluding hydrogens is 224 g/mol.